The Labute approximate surface area is 136 Å². The Hall–Kier alpha value is -1.48. The first kappa shape index (κ1) is 19.6. The molecule has 0 saturated heterocycles. The van der Waals surface area contributed by atoms with Crippen molar-refractivity contribution in [2.24, 2.45) is 11.5 Å². The van der Waals surface area contributed by atoms with Gasteiger partial charge in [-0.1, -0.05) is 13.8 Å². The molecule has 1 rings (SSSR count). The molecule has 3 atom stereocenters. The molecule has 7 N–H and O–H groups in total. The van der Waals surface area contributed by atoms with Gasteiger partial charge in [-0.2, -0.15) is 0 Å². The fraction of sp³-hybridized carbons (Fsp3) is 0.733. The van der Waals surface area contributed by atoms with Gasteiger partial charge in [0.1, 0.15) is 6.29 Å². The number of aliphatic carboxylic acids is 1. The van der Waals surface area contributed by atoms with Crippen LogP contribution in [0.15, 0.2) is 11.6 Å². The minimum Gasteiger partial charge on any atom is -0.478 e. The second-order valence-corrected chi connectivity index (χ2v) is 5.77. The molecule has 0 aromatic rings. The van der Waals surface area contributed by atoms with E-state index in [1.54, 1.807) is 6.08 Å². The van der Waals surface area contributed by atoms with E-state index in [1.807, 2.05) is 13.8 Å². The lowest BCUT2D eigenvalue weighted by molar-refractivity contribution is -0.133. The molecule has 0 fully saturated rings. The topological polar surface area (TPSA) is 140 Å². The maximum Gasteiger partial charge on any atom is 0.331 e. The summed E-state index contributed by atoms with van der Waals surface area (Å²) < 4.78 is 6.02. The Bertz CT molecular complexity index is 449. The zero-order valence-electron chi connectivity index (χ0n) is 13.9. The summed E-state index contributed by atoms with van der Waals surface area (Å²) in [4.78, 5) is 22.9. The van der Waals surface area contributed by atoms with Crippen LogP contribution in [0.25, 0.3) is 0 Å². The number of amides is 1. The van der Waals surface area contributed by atoms with Crippen molar-refractivity contribution in [2.75, 3.05) is 0 Å². The summed E-state index contributed by atoms with van der Waals surface area (Å²) >= 11 is 0. The fourth-order valence-electron chi connectivity index (χ4n) is 2.78. The van der Waals surface area contributed by atoms with Crippen LogP contribution in [-0.2, 0) is 14.3 Å². The van der Waals surface area contributed by atoms with Crippen molar-refractivity contribution < 1.29 is 19.4 Å². The van der Waals surface area contributed by atoms with Crippen LogP contribution in [0, 0.1) is 0 Å². The number of nitrogens with one attached hydrogen (secondary N) is 2. The third-order valence-electron chi connectivity index (χ3n) is 3.90. The summed E-state index contributed by atoms with van der Waals surface area (Å²) in [5, 5.41) is 15.1. The molecule has 1 aliphatic rings. The van der Waals surface area contributed by atoms with Gasteiger partial charge in [0, 0.05) is 18.5 Å². The maximum absolute atomic E-state index is 11.5. The largest absolute Gasteiger partial charge is 0.478 e. The van der Waals surface area contributed by atoms with Crippen molar-refractivity contribution in [3.8, 4) is 0 Å². The molecule has 0 saturated carbocycles. The number of carboxylic acids is 1. The average molecular weight is 328 g/mol. The van der Waals surface area contributed by atoms with E-state index >= 15 is 0 Å². The zero-order chi connectivity index (χ0) is 17.6. The van der Waals surface area contributed by atoms with Crippen LogP contribution in [0.4, 0.5) is 0 Å². The molecular weight excluding hydrogens is 300 g/mol. The van der Waals surface area contributed by atoms with Crippen LogP contribution >= 0.6 is 0 Å². The number of rotatable bonds is 8. The summed E-state index contributed by atoms with van der Waals surface area (Å²) in [7, 11) is 0. The van der Waals surface area contributed by atoms with E-state index in [-0.39, 0.29) is 24.0 Å². The fourth-order valence-corrected chi connectivity index (χ4v) is 2.78. The number of ether oxygens (including phenoxy) is 1. The van der Waals surface area contributed by atoms with E-state index in [0.29, 0.717) is 0 Å². The van der Waals surface area contributed by atoms with Crippen molar-refractivity contribution in [1.29, 1.82) is 0 Å². The van der Waals surface area contributed by atoms with Gasteiger partial charge in [0.05, 0.1) is 18.2 Å². The standard InChI is InChI=1S/C15H28N4O4/c1-4-10(5-2)23-12-7-9(14(21)22)6-11(19-15(16)17)13(12)18-8(3)20/h7,10-13,15,19H,4-6,16-17H2,1-3H3,(H,18,20)(H,21,22)/t11-,12+,13+/m0/s1. The Morgan fingerprint density at radius 1 is 1.39 bits per heavy atom. The molecule has 0 bridgehead atoms. The summed E-state index contributed by atoms with van der Waals surface area (Å²) in [5.74, 6) is -1.24. The van der Waals surface area contributed by atoms with Gasteiger partial charge in [-0.25, -0.2) is 4.79 Å². The lowest BCUT2D eigenvalue weighted by Crippen LogP contribution is -2.63. The monoisotopic (exact) mass is 328 g/mol. The van der Waals surface area contributed by atoms with Crippen LogP contribution in [0.2, 0.25) is 0 Å². The molecule has 23 heavy (non-hydrogen) atoms. The van der Waals surface area contributed by atoms with Gasteiger partial charge in [-0.3, -0.25) is 10.1 Å². The molecule has 0 unspecified atom stereocenters. The first-order valence-corrected chi connectivity index (χ1v) is 7.92. The second-order valence-electron chi connectivity index (χ2n) is 5.77. The van der Waals surface area contributed by atoms with Crippen molar-refractivity contribution in [3.05, 3.63) is 11.6 Å². The Morgan fingerprint density at radius 3 is 2.43 bits per heavy atom. The van der Waals surface area contributed by atoms with Crippen LogP contribution in [0.1, 0.15) is 40.0 Å². The van der Waals surface area contributed by atoms with Gasteiger partial charge in [0.2, 0.25) is 5.91 Å². The van der Waals surface area contributed by atoms with Crippen LogP contribution in [0.3, 0.4) is 0 Å². The molecular formula is C15H28N4O4. The number of carbonyl (C=O) groups excluding carboxylic acids is 1. The summed E-state index contributed by atoms with van der Waals surface area (Å²) in [6, 6.07) is -0.861. The lowest BCUT2D eigenvalue weighted by atomic mass is 9.87. The molecule has 0 aromatic carbocycles. The lowest BCUT2D eigenvalue weighted by Gasteiger charge is -2.39. The number of carboxylic acid groups (broad SMARTS) is 1. The minimum absolute atomic E-state index is 0.0205. The van der Waals surface area contributed by atoms with E-state index in [4.69, 9.17) is 16.2 Å². The average Bonchev–Trinajstić information content (AvgIpc) is 2.46. The van der Waals surface area contributed by atoms with Gasteiger partial charge in [0.25, 0.3) is 0 Å². The molecule has 1 amide bonds. The summed E-state index contributed by atoms with van der Waals surface area (Å²) in [6.07, 6.45) is 1.97. The summed E-state index contributed by atoms with van der Waals surface area (Å²) in [5.41, 5.74) is 11.4. The molecule has 0 radical (unpaired) electrons. The van der Waals surface area contributed by atoms with Gasteiger partial charge in [0.15, 0.2) is 0 Å². The van der Waals surface area contributed by atoms with Crippen LogP contribution in [-0.4, -0.2) is 47.6 Å². The number of hydrogen-bond donors (Lipinski definition) is 5. The Balaban J connectivity index is 3.10. The minimum atomic E-state index is -1.01. The van der Waals surface area contributed by atoms with E-state index in [9.17, 15) is 14.7 Å². The number of nitrogens with two attached hydrogens (primary N) is 2. The zero-order valence-corrected chi connectivity index (χ0v) is 13.9. The molecule has 0 heterocycles. The van der Waals surface area contributed by atoms with Gasteiger partial charge < -0.3 is 26.6 Å². The molecule has 8 heteroatoms. The predicted octanol–water partition coefficient (Wildman–Crippen LogP) is -0.361. The normalized spacial score (nSPS) is 24.7. The highest BCUT2D eigenvalue weighted by molar-refractivity contribution is 5.87. The highest BCUT2D eigenvalue weighted by atomic mass is 16.5. The smallest absolute Gasteiger partial charge is 0.331 e. The Kier molecular flexibility index (Phi) is 7.63. The Morgan fingerprint density at radius 2 is 2.00 bits per heavy atom. The van der Waals surface area contributed by atoms with E-state index < -0.39 is 30.4 Å². The van der Waals surface area contributed by atoms with Crippen molar-refractivity contribution in [3.63, 3.8) is 0 Å². The molecule has 0 aliphatic heterocycles. The van der Waals surface area contributed by atoms with Crippen molar-refractivity contribution >= 4 is 11.9 Å². The SMILES string of the molecule is CCC(CC)O[C@@H]1C=C(C(=O)O)C[C@H](NC(N)N)[C@H]1NC(C)=O. The number of hydrogen-bond acceptors (Lipinski definition) is 6. The molecule has 0 spiro atoms. The van der Waals surface area contributed by atoms with Crippen LogP contribution < -0.4 is 22.1 Å². The molecule has 8 nitrogen and oxygen atoms in total. The summed E-state index contributed by atoms with van der Waals surface area (Å²) in [6.45, 7) is 5.40. The van der Waals surface area contributed by atoms with E-state index in [0.717, 1.165) is 12.8 Å². The van der Waals surface area contributed by atoms with Crippen molar-refractivity contribution in [1.82, 2.24) is 10.6 Å². The van der Waals surface area contributed by atoms with Crippen molar-refractivity contribution in [2.45, 2.75) is 70.6 Å². The van der Waals surface area contributed by atoms with Gasteiger partial charge >= 0.3 is 5.97 Å². The second kappa shape index (κ2) is 8.97. The molecule has 0 aromatic heterocycles. The third-order valence-corrected chi connectivity index (χ3v) is 3.90. The van der Waals surface area contributed by atoms with E-state index in [2.05, 4.69) is 10.6 Å². The molecule has 132 valence electrons. The third kappa shape index (κ3) is 5.91. The first-order valence-electron chi connectivity index (χ1n) is 7.92. The predicted molar refractivity (Wildman–Crippen MR) is 86.3 cm³/mol. The number of carbonyl (C=O) groups is 2. The quantitative estimate of drug-likeness (QED) is 0.383. The van der Waals surface area contributed by atoms with E-state index in [1.165, 1.54) is 6.92 Å². The highest BCUT2D eigenvalue weighted by Gasteiger charge is 2.37. The highest BCUT2D eigenvalue weighted by Crippen LogP contribution is 2.24. The van der Waals surface area contributed by atoms with Gasteiger partial charge in [-0.05, 0) is 25.3 Å². The first-order chi connectivity index (χ1) is 10.8. The maximum atomic E-state index is 11.5. The van der Waals surface area contributed by atoms with Gasteiger partial charge in [-0.15, -0.1) is 0 Å². The molecule has 1 aliphatic carbocycles. The van der Waals surface area contributed by atoms with Crippen LogP contribution in [0.5, 0.6) is 0 Å².